The largest absolute Gasteiger partial charge is 0.395 e. The van der Waals surface area contributed by atoms with Crippen LogP contribution >= 0.6 is 0 Å². The van der Waals surface area contributed by atoms with E-state index in [9.17, 15) is 0 Å². The number of likely N-dealkylation sites (N-methyl/N-ethyl adjacent to an activating group) is 1. The van der Waals surface area contributed by atoms with Gasteiger partial charge in [-0.3, -0.25) is 0 Å². The molecule has 2 aromatic rings. The van der Waals surface area contributed by atoms with Crippen LogP contribution in [0.5, 0.6) is 0 Å². The van der Waals surface area contributed by atoms with Gasteiger partial charge in [0.15, 0.2) is 0 Å². The molecule has 5 nitrogen and oxygen atoms in total. The fourth-order valence-corrected chi connectivity index (χ4v) is 2.08. The minimum Gasteiger partial charge on any atom is -0.395 e. The Labute approximate surface area is 100 Å². The molecule has 0 aliphatic rings. The number of aliphatic hydroxyl groups excluding tert-OH is 1. The van der Waals surface area contributed by atoms with Crippen LogP contribution < -0.4 is 11.1 Å². The number of aromatic nitrogens is 2. The average Bonchev–Trinajstić information content (AvgIpc) is 2.69. The normalized spacial score (nSPS) is 15.1. The van der Waals surface area contributed by atoms with E-state index in [1.54, 1.807) is 0 Å². The summed E-state index contributed by atoms with van der Waals surface area (Å²) in [7, 11) is 1.84. The topological polar surface area (TPSA) is 87.0 Å². The van der Waals surface area contributed by atoms with Crippen molar-refractivity contribution < 1.29 is 5.11 Å². The maximum atomic E-state index is 9.13. The lowest BCUT2D eigenvalue weighted by Crippen LogP contribution is -2.38. The average molecular weight is 234 g/mol. The number of fused-ring (bicyclic) bond motifs is 1. The quantitative estimate of drug-likeness (QED) is 0.618. The molecule has 5 heteroatoms. The van der Waals surface area contributed by atoms with Crippen molar-refractivity contribution in [3.8, 4) is 0 Å². The highest BCUT2D eigenvalue weighted by Crippen LogP contribution is 2.20. The molecule has 0 aliphatic carbocycles. The molecule has 92 valence electrons. The molecule has 0 saturated carbocycles. The van der Waals surface area contributed by atoms with Crippen LogP contribution in [-0.4, -0.2) is 34.8 Å². The zero-order valence-electron chi connectivity index (χ0n) is 10.1. The number of hydrogen-bond acceptors (Lipinski definition) is 4. The van der Waals surface area contributed by atoms with E-state index in [-0.39, 0.29) is 18.7 Å². The van der Waals surface area contributed by atoms with Gasteiger partial charge in [-0.05, 0) is 31.7 Å². The molecule has 0 bridgehead atoms. The van der Waals surface area contributed by atoms with Crippen molar-refractivity contribution in [3.05, 3.63) is 29.6 Å². The Balaban J connectivity index is 2.40. The monoisotopic (exact) mass is 234 g/mol. The van der Waals surface area contributed by atoms with Gasteiger partial charge in [0, 0.05) is 12.1 Å². The third-order valence-electron chi connectivity index (χ3n) is 2.93. The van der Waals surface area contributed by atoms with Crippen molar-refractivity contribution in [2.45, 2.75) is 19.0 Å². The number of rotatable bonds is 4. The summed E-state index contributed by atoms with van der Waals surface area (Å²) in [6.45, 7) is 1.88. The smallest absolute Gasteiger partial charge is 0.104 e. The fourth-order valence-electron chi connectivity index (χ4n) is 2.08. The van der Waals surface area contributed by atoms with Crippen LogP contribution in [0.1, 0.15) is 17.4 Å². The maximum absolute atomic E-state index is 9.13. The number of aliphatic hydroxyl groups is 1. The van der Waals surface area contributed by atoms with E-state index >= 15 is 0 Å². The van der Waals surface area contributed by atoms with Crippen LogP contribution in [-0.2, 0) is 0 Å². The minimum atomic E-state index is -0.318. The summed E-state index contributed by atoms with van der Waals surface area (Å²) in [5, 5.41) is 12.3. The summed E-state index contributed by atoms with van der Waals surface area (Å²) in [4.78, 5) is 7.54. The molecule has 2 atom stereocenters. The van der Waals surface area contributed by atoms with E-state index in [4.69, 9.17) is 10.8 Å². The van der Waals surface area contributed by atoms with Crippen molar-refractivity contribution in [2.75, 3.05) is 13.7 Å². The van der Waals surface area contributed by atoms with Crippen LogP contribution in [0.15, 0.2) is 18.2 Å². The molecular weight excluding hydrogens is 216 g/mol. The molecule has 2 rings (SSSR count). The third kappa shape index (κ3) is 2.31. The second-order valence-electron chi connectivity index (χ2n) is 4.21. The standard InChI is InChI=1S/C12H18N4O/c1-7-15-10-4-3-8(5-11(10)16-7)12(14-2)9(13)6-17/h3-5,9,12,14,17H,6,13H2,1-2H3,(H,15,16). The number of aryl methyl sites for hydroxylation is 1. The molecule has 0 saturated heterocycles. The number of benzene rings is 1. The number of nitrogens with two attached hydrogens (primary N) is 1. The van der Waals surface area contributed by atoms with E-state index in [2.05, 4.69) is 15.3 Å². The number of imidazole rings is 1. The van der Waals surface area contributed by atoms with Gasteiger partial charge in [0.1, 0.15) is 5.82 Å². The van der Waals surface area contributed by atoms with Gasteiger partial charge in [0.05, 0.1) is 17.6 Å². The van der Waals surface area contributed by atoms with Crippen molar-refractivity contribution in [2.24, 2.45) is 5.73 Å². The maximum Gasteiger partial charge on any atom is 0.104 e. The molecule has 0 spiro atoms. The molecule has 17 heavy (non-hydrogen) atoms. The number of H-pyrrole nitrogens is 1. The van der Waals surface area contributed by atoms with Gasteiger partial charge in [-0.2, -0.15) is 0 Å². The van der Waals surface area contributed by atoms with Gasteiger partial charge in [-0.25, -0.2) is 4.98 Å². The zero-order valence-corrected chi connectivity index (χ0v) is 10.1. The molecule has 1 heterocycles. The first-order chi connectivity index (χ1) is 8.15. The molecule has 5 N–H and O–H groups in total. The van der Waals surface area contributed by atoms with E-state index in [0.717, 1.165) is 22.4 Å². The first-order valence-electron chi connectivity index (χ1n) is 5.65. The summed E-state index contributed by atoms with van der Waals surface area (Å²) in [6, 6.07) is 5.59. The Morgan fingerprint density at radius 1 is 1.53 bits per heavy atom. The van der Waals surface area contributed by atoms with Gasteiger partial charge in [0.2, 0.25) is 0 Å². The number of hydrogen-bond donors (Lipinski definition) is 4. The highest BCUT2D eigenvalue weighted by atomic mass is 16.3. The fraction of sp³-hybridized carbons (Fsp3) is 0.417. The lowest BCUT2D eigenvalue weighted by Gasteiger charge is -2.22. The van der Waals surface area contributed by atoms with Crippen LogP contribution in [0.3, 0.4) is 0 Å². The van der Waals surface area contributed by atoms with E-state index in [1.165, 1.54) is 0 Å². The van der Waals surface area contributed by atoms with Crippen molar-refractivity contribution in [1.82, 2.24) is 15.3 Å². The second-order valence-corrected chi connectivity index (χ2v) is 4.21. The molecule has 2 unspecified atom stereocenters. The Kier molecular flexibility index (Phi) is 3.42. The highest BCUT2D eigenvalue weighted by molar-refractivity contribution is 5.76. The highest BCUT2D eigenvalue weighted by Gasteiger charge is 2.17. The van der Waals surface area contributed by atoms with E-state index in [1.807, 2.05) is 32.2 Å². The van der Waals surface area contributed by atoms with Crippen molar-refractivity contribution in [3.63, 3.8) is 0 Å². The molecular formula is C12H18N4O. The van der Waals surface area contributed by atoms with Crippen LogP contribution in [0.2, 0.25) is 0 Å². The third-order valence-corrected chi connectivity index (χ3v) is 2.93. The summed E-state index contributed by atoms with van der Waals surface area (Å²) < 4.78 is 0. The van der Waals surface area contributed by atoms with Crippen LogP contribution in [0.25, 0.3) is 11.0 Å². The van der Waals surface area contributed by atoms with Gasteiger partial charge >= 0.3 is 0 Å². The van der Waals surface area contributed by atoms with E-state index < -0.39 is 0 Å². The number of nitrogens with zero attached hydrogens (tertiary/aromatic N) is 1. The molecule has 0 aliphatic heterocycles. The van der Waals surface area contributed by atoms with Crippen molar-refractivity contribution >= 4 is 11.0 Å². The molecule has 1 aromatic carbocycles. The minimum absolute atomic E-state index is 0.0501. The Morgan fingerprint density at radius 3 is 2.94 bits per heavy atom. The number of nitrogens with one attached hydrogen (secondary N) is 2. The first-order valence-corrected chi connectivity index (χ1v) is 5.65. The molecule has 0 radical (unpaired) electrons. The summed E-state index contributed by atoms with van der Waals surface area (Å²) >= 11 is 0. The Morgan fingerprint density at radius 2 is 2.29 bits per heavy atom. The lowest BCUT2D eigenvalue weighted by atomic mass is 10.00. The van der Waals surface area contributed by atoms with Gasteiger partial charge < -0.3 is 21.1 Å². The second kappa shape index (κ2) is 4.83. The summed E-state index contributed by atoms with van der Waals surface area (Å²) in [5.41, 5.74) is 8.85. The first kappa shape index (κ1) is 12.0. The van der Waals surface area contributed by atoms with Crippen molar-refractivity contribution in [1.29, 1.82) is 0 Å². The van der Waals surface area contributed by atoms with Gasteiger partial charge in [-0.15, -0.1) is 0 Å². The SMILES string of the molecule is CNC(c1ccc2nc(C)[nH]c2c1)C(N)CO. The predicted molar refractivity (Wildman–Crippen MR) is 67.7 cm³/mol. The molecule has 0 amide bonds. The lowest BCUT2D eigenvalue weighted by molar-refractivity contribution is 0.240. The van der Waals surface area contributed by atoms with Gasteiger partial charge in [0.25, 0.3) is 0 Å². The molecule has 1 aromatic heterocycles. The van der Waals surface area contributed by atoms with Gasteiger partial charge in [-0.1, -0.05) is 6.07 Å². The zero-order chi connectivity index (χ0) is 12.4. The predicted octanol–water partition coefficient (Wildman–Crippen LogP) is 0.451. The van der Waals surface area contributed by atoms with Crippen LogP contribution in [0, 0.1) is 6.92 Å². The van der Waals surface area contributed by atoms with E-state index in [0.29, 0.717) is 0 Å². The molecule has 0 fully saturated rings. The van der Waals surface area contributed by atoms with Crippen LogP contribution in [0.4, 0.5) is 0 Å². The summed E-state index contributed by atoms with van der Waals surface area (Å²) in [5.74, 6) is 0.893. The Hall–Kier alpha value is -1.43. The Bertz CT molecular complexity index is 508. The summed E-state index contributed by atoms with van der Waals surface area (Å²) in [6.07, 6.45) is 0. The number of aromatic amines is 1.